The Hall–Kier alpha value is 0.01000. The third-order valence-electron chi connectivity index (χ3n) is 4.02. The average molecular weight is 351 g/mol. The van der Waals surface area contributed by atoms with E-state index in [9.17, 15) is 0 Å². The molecule has 1 nitrogen and oxygen atoms in total. The van der Waals surface area contributed by atoms with E-state index in [1.165, 1.54) is 10.1 Å². The summed E-state index contributed by atoms with van der Waals surface area (Å²) in [6.07, 6.45) is 0. The first-order valence-electron chi connectivity index (χ1n) is 6.58. The second-order valence-electron chi connectivity index (χ2n) is 5.15. The van der Waals surface area contributed by atoms with Gasteiger partial charge in [-0.1, -0.05) is 47.8 Å². The van der Waals surface area contributed by atoms with Gasteiger partial charge >= 0.3 is 0 Å². The Labute approximate surface area is 139 Å². The van der Waals surface area contributed by atoms with E-state index in [1.807, 2.05) is 6.92 Å². The lowest BCUT2D eigenvalue weighted by Crippen LogP contribution is -2.52. The van der Waals surface area contributed by atoms with Crippen LogP contribution in [0.2, 0.25) is 0 Å². The van der Waals surface area contributed by atoms with Gasteiger partial charge in [-0.2, -0.15) is 0 Å². The number of fused-ring (bicyclic) bond motifs is 1. The Morgan fingerprint density at radius 3 is 2.55 bits per heavy atom. The molecule has 110 valence electrons. The van der Waals surface area contributed by atoms with Crippen LogP contribution in [-0.2, 0) is 5.41 Å². The highest BCUT2D eigenvalue weighted by molar-refractivity contribution is 7.17. The van der Waals surface area contributed by atoms with E-state index < -0.39 is 9.21 Å². The highest BCUT2D eigenvalue weighted by Crippen LogP contribution is 2.49. The molecule has 2 unspecified atom stereocenters. The molecule has 0 amide bonds. The van der Waals surface area contributed by atoms with Crippen LogP contribution in [0.15, 0.2) is 29.6 Å². The van der Waals surface area contributed by atoms with Gasteiger partial charge in [0.25, 0.3) is 0 Å². The maximum Gasteiger partial charge on any atom is 0.201 e. The van der Waals surface area contributed by atoms with Gasteiger partial charge in [-0.15, -0.1) is 11.3 Å². The minimum absolute atomic E-state index is 0.0380. The van der Waals surface area contributed by atoms with Crippen molar-refractivity contribution < 1.29 is 0 Å². The zero-order chi connectivity index (χ0) is 15.0. The first-order valence-corrected chi connectivity index (χ1v) is 8.60. The lowest BCUT2D eigenvalue weighted by molar-refractivity contribution is 0.343. The summed E-state index contributed by atoms with van der Waals surface area (Å²) in [4.78, 5) is 0. The molecule has 20 heavy (non-hydrogen) atoms. The normalized spacial score (nSPS) is 17.1. The summed E-state index contributed by atoms with van der Waals surface area (Å²) in [5.41, 5.74) is 0.431. The van der Waals surface area contributed by atoms with E-state index in [0.29, 0.717) is 0 Å². The summed E-state index contributed by atoms with van der Waals surface area (Å²) in [5.74, 6) is 0. The summed E-state index contributed by atoms with van der Waals surface area (Å²) in [7, 11) is 0. The molecule has 0 saturated carbocycles. The van der Waals surface area contributed by atoms with Crippen LogP contribution in [0.3, 0.4) is 0 Å². The Kier molecular flexibility index (Phi) is 4.93. The van der Waals surface area contributed by atoms with E-state index in [4.69, 9.17) is 34.8 Å². The van der Waals surface area contributed by atoms with Crippen molar-refractivity contribution in [3.63, 3.8) is 0 Å². The second-order valence-corrected chi connectivity index (χ2v) is 8.38. The Morgan fingerprint density at radius 2 is 1.95 bits per heavy atom. The monoisotopic (exact) mass is 349 g/mol. The quantitative estimate of drug-likeness (QED) is 0.715. The summed E-state index contributed by atoms with van der Waals surface area (Å²) >= 11 is 20.7. The molecule has 0 aliphatic rings. The minimum atomic E-state index is -1.39. The molecular weight excluding hydrogens is 333 g/mol. The van der Waals surface area contributed by atoms with Crippen LogP contribution in [0, 0.1) is 0 Å². The molecule has 1 aromatic heterocycles. The molecule has 2 atom stereocenters. The van der Waals surface area contributed by atoms with Crippen LogP contribution in [0.4, 0.5) is 0 Å². The number of nitrogens with one attached hydrogen (secondary N) is 1. The molecule has 1 N–H and O–H groups in total. The highest BCUT2D eigenvalue weighted by Gasteiger charge is 2.49. The van der Waals surface area contributed by atoms with E-state index in [-0.39, 0.29) is 6.04 Å². The molecule has 0 aliphatic carbocycles. The number of halogens is 3. The number of alkyl halides is 3. The fourth-order valence-electron chi connectivity index (χ4n) is 2.46. The van der Waals surface area contributed by atoms with Crippen molar-refractivity contribution in [1.82, 2.24) is 5.32 Å². The molecular formula is C15H18Cl3NS. The van der Waals surface area contributed by atoms with Gasteiger partial charge in [0.05, 0.1) is 5.41 Å². The SMILES string of the molecule is CCNC(C)C(C)(c1ccc2sccc2c1)C(Cl)(Cl)Cl. The maximum atomic E-state index is 6.32. The topological polar surface area (TPSA) is 12.0 Å². The fourth-order valence-corrected chi connectivity index (χ4v) is 4.05. The van der Waals surface area contributed by atoms with Gasteiger partial charge in [-0.3, -0.25) is 0 Å². The van der Waals surface area contributed by atoms with Crippen molar-refractivity contribution in [2.45, 2.75) is 36.0 Å². The van der Waals surface area contributed by atoms with E-state index >= 15 is 0 Å². The van der Waals surface area contributed by atoms with Gasteiger partial charge in [0.15, 0.2) is 0 Å². The first kappa shape index (κ1) is 16.4. The van der Waals surface area contributed by atoms with Gasteiger partial charge in [0.1, 0.15) is 0 Å². The van der Waals surface area contributed by atoms with Crippen molar-refractivity contribution in [2.75, 3.05) is 6.54 Å². The van der Waals surface area contributed by atoms with E-state index in [1.54, 1.807) is 11.3 Å². The fraction of sp³-hybridized carbons (Fsp3) is 0.467. The summed E-state index contributed by atoms with van der Waals surface area (Å²) in [6.45, 7) is 6.94. The molecule has 0 bridgehead atoms. The molecule has 0 radical (unpaired) electrons. The Morgan fingerprint density at radius 1 is 1.25 bits per heavy atom. The predicted octanol–water partition coefficient (Wildman–Crippen LogP) is 5.53. The summed E-state index contributed by atoms with van der Waals surface area (Å²) in [6, 6.07) is 8.43. The van der Waals surface area contributed by atoms with Crippen LogP contribution in [-0.4, -0.2) is 16.4 Å². The van der Waals surface area contributed by atoms with E-state index in [0.717, 1.165) is 12.1 Å². The Bertz CT molecular complexity index is 590. The average Bonchev–Trinajstić information content (AvgIpc) is 2.83. The third kappa shape index (κ3) is 2.82. The van der Waals surface area contributed by atoms with Gasteiger partial charge in [-0.05, 0) is 54.9 Å². The number of thiophene rings is 1. The number of hydrogen-bond donors (Lipinski definition) is 1. The van der Waals surface area contributed by atoms with Crippen molar-refractivity contribution in [2.24, 2.45) is 0 Å². The van der Waals surface area contributed by atoms with Gasteiger partial charge in [-0.25, -0.2) is 0 Å². The zero-order valence-corrected chi connectivity index (χ0v) is 14.8. The van der Waals surface area contributed by atoms with Crippen molar-refractivity contribution in [1.29, 1.82) is 0 Å². The Balaban J connectivity index is 2.55. The molecule has 0 fully saturated rings. The highest BCUT2D eigenvalue weighted by atomic mass is 35.6. The predicted molar refractivity (Wildman–Crippen MR) is 92.6 cm³/mol. The lowest BCUT2D eigenvalue weighted by Gasteiger charge is -2.42. The zero-order valence-electron chi connectivity index (χ0n) is 11.7. The van der Waals surface area contributed by atoms with Crippen molar-refractivity contribution in [3.8, 4) is 0 Å². The van der Waals surface area contributed by atoms with E-state index in [2.05, 4.69) is 48.8 Å². The number of hydrogen-bond acceptors (Lipinski definition) is 2. The number of rotatable bonds is 4. The molecule has 2 aromatic rings. The molecule has 0 spiro atoms. The minimum Gasteiger partial charge on any atom is -0.313 e. The smallest absolute Gasteiger partial charge is 0.201 e. The number of likely N-dealkylation sites (N-methyl/N-ethyl adjacent to an activating group) is 1. The lowest BCUT2D eigenvalue weighted by atomic mass is 9.77. The maximum absolute atomic E-state index is 6.32. The standard InChI is InChI=1S/C15H18Cl3NS/c1-4-19-10(2)14(3,15(16,17)18)12-5-6-13-11(9-12)7-8-20-13/h5-10,19H,4H2,1-3H3. The molecule has 5 heteroatoms. The molecule has 1 heterocycles. The van der Waals surface area contributed by atoms with Crippen LogP contribution in [0.5, 0.6) is 0 Å². The van der Waals surface area contributed by atoms with Crippen LogP contribution in [0.1, 0.15) is 26.3 Å². The van der Waals surface area contributed by atoms with Crippen LogP contribution >= 0.6 is 46.1 Å². The van der Waals surface area contributed by atoms with Gasteiger partial charge < -0.3 is 5.32 Å². The van der Waals surface area contributed by atoms with Crippen molar-refractivity contribution in [3.05, 3.63) is 35.2 Å². The van der Waals surface area contributed by atoms with Crippen LogP contribution < -0.4 is 5.32 Å². The van der Waals surface area contributed by atoms with Crippen molar-refractivity contribution >= 4 is 56.2 Å². The van der Waals surface area contributed by atoms with Gasteiger partial charge in [0, 0.05) is 10.7 Å². The summed E-state index contributed by atoms with van der Waals surface area (Å²) < 4.78 is -0.144. The first-order chi connectivity index (χ1) is 9.30. The molecule has 1 aromatic carbocycles. The second kappa shape index (κ2) is 6.02. The summed E-state index contributed by atoms with van der Waals surface area (Å²) in [5, 5.41) is 6.65. The number of benzene rings is 1. The largest absolute Gasteiger partial charge is 0.313 e. The molecule has 0 saturated heterocycles. The molecule has 2 rings (SSSR count). The molecule has 0 aliphatic heterocycles. The third-order valence-corrected chi connectivity index (χ3v) is 6.09. The van der Waals surface area contributed by atoms with Crippen LogP contribution in [0.25, 0.3) is 10.1 Å². The van der Waals surface area contributed by atoms with Gasteiger partial charge in [0.2, 0.25) is 3.79 Å².